The SMILES string of the molecule is O=C1CC2(CCN(C(=O)c3cc(-c4nc[nH]n4)cc(N4CCCC4)c3)CC2)Oc2ccc(-c3nnn[nH]3)cc21.[NaH]. The Labute approximate surface area is 252 Å². The molecular weight excluding hydrogens is 521 g/mol. The number of piperidine rings is 1. The fourth-order valence-electron chi connectivity index (χ4n) is 5.87. The number of Topliss-reactive ketones (excluding diaryl/α,β-unsaturated/α-hetero) is 1. The van der Waals surface area contributed by atoms with Crippen LogP contribution in [0.4, 0.5) is 5.69 Å². The van der Waals surface area contributed by atoms with Gasteiger partial charge in [0.1, 0.15) is 17.7 Å². The standard InChI is InChI=1S/C27H27N9O3.Na.H/c37-22-15-27(39-23-4-3-17(14-21(22)23)25-31-33-34-32-25)5-9-36(10-6-27)26(38)19-11-18(24-28-16-29-30-24)12-20(13-19)35-7-1-2-8-35;;/h3-4,11-14,16H,1-2,5-10,15H2,(H,28,29,30)(H,31,32,33,34);;. The summed E-state index contributed by atoms with van der Waals surface area (Å²) in [6, 6.07) is 11.3. The van der Waals surface area contributed by atoms with E-state index in [0.717, 1.165) is 42.7 Å². The Morgan fingerprint density at radius 3 is 2.55 bits per heavy atom. The molecule has 2 saturated heterocycles. The Balaban J connectivity index is 0.00000289. The van der Waals surface area contributed by atoms with Crippen LogP contribution in [0.1, 0.15) is 52.8 Å². The Morgan fingerprint density at radius 2 is 1.82 bits per heavy atom. The molecule has 0 atom stereocenters. The summed E-state index contributed by atoms with van der Waals surface area (Å²) in [5.41, 5.74) is 3.10. The molecule has 0 saturated carbocycles. The minimum absolute atomic E-state index is 0. The van der Waals surface area contributed by atoms with E-state index in [1.807, 2.05) is 23.1 Å². The number of hydrogen-bond acceptors (Lipinski definition) is 9. The summed E-state index contributed by atoms with van der Waals surface area (Å²) in [6.45, 7) is 2.96. The number of rotatable bonds is 4. The number of carbonyl (C=O) groups excluding carboxylic acids is 2. The maximum atomic E-state index is 13.7. The molecule has 0 unspecified atom stereocenters. The van der Waals surface area contributed by atoms with Gasteiger partial charge in [-0.05, 0) is 59.7 Å². The number of tetrazole rings is 1. The van der Waals surface area contributed by atoms with E-state index in [9.17, 15) is 9.59 Å². The van der Waals surface area contributed by atoms with Crippen LogP contribution in [-0.4, -0.2) is 114 Å². The van der Waals surface area contributed by atoms with E-state index in [4.69, 9.17) is 4.74 Å². The van der Waals surface area contributed by atoms with E-state index in [2.05, 4.69) is 46.8 Å². The first-order valence-electron chi connectivity index (χ1n) is 13.2. The van der Waals surface area contributed by atoms with Gasteiger partial charge in [0, 0.05) is 61.4 Å². The number of benzene rings is 2. The van der Waals surface area contributed by atoms with Crippen molar-refractivity contribution in [2.24, 2.45) is 0 Å². The first-order valence-corrected chi connectivity index (χ1v) is 13.2. The van der Waals surface area contributed by atoms with Gasteiger partial charge in [-0.3, -0.25) is 14.7 Å². The maximum absolute atomic E-state index is 13.7. The van der Waals surface area contributed by atoms with Gasteiger partial charge in [-0.1, -0.05) is 0 Å². The van der Waals surface area contributed by atoms with Crippen molar-refractivity contribution in [3.8, 4) is 28.5 Å². The number of amides is 1. The number of ether oxygens (including phenoxy) is 1. The summed E-state index contributed by atoms with van der Waals surface area (Å²) in [6.07, 6.45) is 5.26. The van der Waals surface area contributed by atoms with Crippen LogP contribution in [-0.2, 0) is 0 Å². The molecule has 1 spiro atoms. The molecule has 200 valence electrons. The second-order valence-electron chi connectivity index (χ2n) is 10.4. The van der Waals surface area contributed by atoms with Gasteiger partial charge in [0.15, 0.2) is 17.4 Å². The molecule has 2 fully saturated rings. The molecular formula is C27H28N9NaO3. The van der Waals surface area contributed by atoms with Crippen molar-refractivity contribution >= 4 is 46.9 Å². The first-order chi connectivity index (χ1) is 19.1. The van der Waals surface area contributed by atoms with Crippen LogP contribution in [0.15, 0.2) is 42.7 Å². The van der Waals surface area contributed by atoms with Crippen LogP contribution >= 0.6 is 0 Å². The molecule has 2 N–H and O–H groups in total. The number of nitrogens with one attached hydrogen (secondary N) is 2. The molecule has 3 aliphatic heterocycles. The Bertz CT molecular complexity index is 1530. The van der Waals surface area contributed by atoms with Crippen LogP contribution in [0.25, 0.3) is 22.8 Å². The van der Waals surface area contributed by atoms with E-state index in [1.165, 1.54) is 0 Å². The third-order valence-corrected chi connectivity index (χ3v) is 7.98. The second-order valence-corrected chi connectivity index (χ2v) is 10.4. The van der Waals surface area contributed by atoms with Crippen molar-refractivity contribution in [1.29, 1.82) is 0 Å². The summed E-state index contributed by atoms with van der Waals surface area (Å²) in [4.78, 5) is 35.4. The van der Waals surface area contributed by atoms with Gasteiger partial charge in [0.25, 0.3) is 5.91 Å². The molecule has 2 aromatic carbocycles. The monoisotopic (exact) mass is 549 g/mol. The molecule has 4 aromatic rings. The van der Waals surface area contributed by atoms with Gasteiger partial charge >= 0.3 is 29.6 Å². The van der Waals surface area contributed by atoms with Gasteiger partial charge in [0.05, 0.1) is 12.0 Å². The van der Waals surface area contributed by atoms with Crippen LogP contribution in [0.2, 0.25) is 0 Å². The third kappa shape index (κ3) is 4.91. The summed E-state index contributed by atoms with van der Waals surface area (Å²) < 4.78 is 6.44. The molecule has 0 bridgehead atoms. The Morgan fingerprint density at radius 1 is 1.00 bits per heavy atom. The number of anilines is 1. The summed E-state index contributed by atoms with van der Waals surface area (Å²) in [5.74, 6) is 1.63. The van der Waals surface area contributed by atoms with Crippen LogP contribution < -0.4 is 9.64 Å². The second kappa shape index (κ2) is 10.8. The quantitative estimate of drug-likeness (QED) is 0.366. The molecule has 0 aliphatic carbocycles. The van der Waals surface area contributed by atoms with Gasteiger partial charge in [0.2, 0.25) is 0 Å². The summed E-state index contributed by atoms with van der Waals surface area (Å²) >= 11 is 0. The number of H-pyrrole nitrogens is 2. The molecule has 13 heteroatoms. The van der Waals surface area contributed by atoms with Crippen LogP contribution in [0, 0.1) is 0 Å². The van der Waals surface area contributed by atoms with Crippen molar-refractivity contribution in [2.45, 2.75) is 37.7 Å². The zero-order valence-corrected chi connectivity index (χ0v) is 21.3. The van der Waals surface area contributed by atoms with Crippen molar-refractivity contribution in [3.63, 3.8) is 0 Å². The third-order valence-electron chi connectivity index (χ3n) is 7.98. The molecule has 7 rings (SSSR count). The number of likely N-dealkylation sites (tertiary alicyclic amines) is 1. The molecule has 5 heterocycles. The molecule has 2 aromatic heterocycles. The molecule has 40 heavy (non-hydrogen) atoms. The number of aromatic amines is 2. The number of nitrogens with zero attached hydrogens (tertiary/aromatic N) is 7. The molecule has 3 aliphatic rings. The molecule has 0 radical (unpaired) electrons. The molecule has 1 amide bonds. The Kier molecular flexibility index (Phi) is 7.15. The predicted molar refractivity (Wildman–Crippen MR) is 147 cm³/mol. The number of ketones is 1. The van der Waals surface area contributed by atoms with Crippen molar-refractivity contribution in [1.82, 2.24) is 40.7 Å². The van der Waals surface area contributed by atoms with E-state index < -0.39 is 5.60 Å². The van der Waals surface area contributed by atoms with E-state index in [-0.39, 0.29) is 47.7 Å². The topological polar surface area (TPSA) is 146 Å². The van der Waals surface area contributed by atoms with Crippen molar-refractivity contribution < 1.29 is 14.3 Å². The van der Waals surface area contributed by atoms with Crippen molar-refractivity contribution in [2.75, 3.05) is 31.1 Å². The van der Waals surface area contributed by atoms with Gasteiger partial charge in [-0.25, -0.2) is 10.1 Å². The number of fused-ring (bicyclic) bond motifs is 1. The zero-order chi connectivity index (χ0) is 26.4. The molecule has 12 nitrogen and oxygen atoms in total. The fraction of sp³-hybridized carbons (Fsp3) is 0.370. The van der Waals surface area contributed by atoms with Gasteiger partial charge in [-0.15, -0.1) is 5.10 Å². The average Bonchev–Trinajstić information content (AvgIpc) is 3.77. The number of hydrogen-bond donors (Lipinski definition) is 2. The van der Waals surface area contributed by atoms with Crippen LogP contribution in [0.3, 0.4) is 0 Å². The van der Waals surface area contributed by atoms with E-state index >= 15 is 0 Å². The predicted octanol–water partition coefficient (Wildman–Crippen LogP) is 2.24. The van der Waals surface area contributed by atoms with Crippen LogP contribution in [0.5, 0.6) is 5.75 Å². The number of carbonyl (C=O) groups is 2. The Hall–Kier alpha value is -3.61. The fourth-order valence-corrected chi connectivity index (χ4v) is 5.87. The zero-order valence-electron chi connectivity index (χ0n) is 21.3. The van der Waals surface area contributed by atoms with E-state index in [1.54, 1.807) is 18.5 Å². The normalized spacial score (nSPS) is 17.9. The van der Waals surface area contributed by atoms with E-state index in [0.29, 0.717) is 54.5 Å². The van der Waals surface area contributed by atoms with Gasteiger partial charge < -0.3 is 14.5 Å². The van der Waals surface area contributed by atoms with Gasteiger partial charge in [-0.2, -0.15) is 5.10 Å². The minimum atomic E-state index is -0.613. The van der Waals surface area contributed by atoms with Crippen molar-refractivity contribution in [3.05, 3.63) is 53.9 Å². The average molecular weight is 550 g/mol. The summed E-state index contributed by atoms with van der Waals surface area (Å²) in [7, 11) is 0. The number of aromatic nitrogens is 7. The first kappa shape index (κ1) is 26.6. The summed E-state index contributed by atoms with van der Waals surface area (Å²) in [5, 5.41) is 20.8.